The number of carbonyl (C=O) groups is 4. The summed E-state index contributed by atoms with van der Waals surface area (Å²) in [4.78, 5) is 83.2. The molecular weight excluding hydrogens is 640 g/mol. The number of rotatable bonds is 8. The highest BCUT2D eigenvalue weighted by molar-refractivity contribution is 7.14. The molecular formula is C30H29ClN6O6S2. The lowest BCUT2D eigenvalue weighted by molar-refractivity contribution is -0.132. The van der Waals surface area contributed by atoms with Gasteiger partial charge in [0, 0.05) is 62.5 Å². The zero-order valence-electron chi connectivity index (χ0n) is 23.9. The van der Waals surface area contributed by atoms with Crippen molar-refractivity contribution < 1.29 is 19.2 Å². The van der Waals surface area contributed by atoms with Gasteiger partial charge in [-0.2, -0.15) is 11.3 Å². The van der Waals surface area contributed by atoms with E-state index in [1.807, 2.05) is 28.3 Å². The van der Waals surface area contributed by atoms with Crippen molar-refractivity contribution in [1.82, 2.24) is 29.6 Å². The summed E-state index contributed by atoms with van der Waals surface area (Å²) in [5.41, 5.74) is 2.19. The third-order valence-corrected chi connectivity index (χ3v) is 9.07. The highest BCUT2D eigenvalue weighted by atomic mass is 35.5. The number of nitrogens with zero attached hydrogens (tertiary/aromatic N) is 4. The Morgan fingerprint density at radius 3 is 1.67 bits per heavy atom. The van der Waals surface area contributed by atoms with Crippen LogP contribution in [0.5, 0.6) is 0 Å². The molecule has 234 valence electrons. The maximum atomic E-state index is 12.6. The summed E-state index contributed by atoms with van der Waals surface area (Å²) in [6, 6.07) is 9.62. The lowest BCUT2D eigenvalue weighted by Gasteiger charge is -2.33. The number of hydrogen-bond donors (Lipinski definition) is 2. The van der Waals surface area contributed by atoms with Gasteiger partial charge in [0.25, 0.3) is 11.1 Å². The first-order valence-electron chi connectivity index (χ1n) is 14.0. The van der Waals surface area contributed by atoms with Gasteiger partial charge in [-0.05, 0) is 51.5 Å². The molecule has 0 saturated carbocycles. The van der Waals surface area contributed by atoms with Gasteiger partial charge in [0.15, 0.2) is 0 Å². The first kappa shape index (κ1) is 31.9. The molecule has 2 saturated heterocycles. The predicted molar refractivity (Wildman–Crippen MR) is 170 cm³/mol. The van der Waals surface area contributed by atoms with Crippen LogP contribution in [0.3, 0.4) is 0 Å². The fourth-order valence-electron chi connectivity index (χ4n) is 4.84. The van der Waals surface area contributed by atoms with Crippen LogP contribution in [0, 0.1) is 0 Å². The summed E-state index contributed by atoms with van der Waals surface area (Å²) >= 11 is 8.88. The van der Waals surface area contributed by atoms with Gasteiger partial charge in [-0.1, -0.05) is 23.7 Å². The summed E-state index contributed by atoms with van der Waals surface area (Å²) in [6.07, 6.45) is 3.56. The maximum Gasteiger partial charge on any atom is 0.327 e. The van der Waals surface area contributed by atoms with Crippen molar-refractivity contribution in [3.63, 3.8) is 0 Å². The summed E-state index contributed by atoms with van der Waals surface area (Å²) < 4.78 is 0.660. The number of pyridine rings is 2. The second-order valence-corrected chi connectivity index (χ2v) is 12.6. The van der Waals surface area contributed by atoms with Gasteiger partial charge < -0.3 is 19.8 Å². The number of aromatic amines is 2. The van der Waals surface area contributed by atoms with Crippen LogP contribution in [-0.4, -0.2) is 66.5 Å². The van der Waals surface area contributed by atoms with E-state index in [0.717, 1.165) is 20.9 Å². The molecule has 2 aliphatic rings. The van der Waals surface area contributed by atoms with Gasteiger partial charge in [-0.25, -0.2) is 9.59 Å². The van der Waals surface area contributed by atoms with Gasteiger partial charge in [0.2, 0.25) is 11.8 Å². The largest absolute Gasteiger partial charge is 0.329 e. The van der Waals surface area contributed by atoms with E-state index in [-0.39, 0.29) is 60.9 Å². The number of nitrogens with one attached hydrogen (secondary N) is 2. The van der Waals surface area contributed by atoms with Gasteiger partial charge in [-0.3, -0.25) is 29.0 Å². The Bertz CT molecular complexity index is 1800. The van der Waals surface area contributed by atoms with Crippen molar-refractivity contribution in [2.45, 2.75) is 39.0 Å². The molecule has 4 aromatic rings. The highest BCUT2D eigenvalue weighted by Crippen LogP contribution is 2.23. The van der Waals surface area contributed by atoms with E-state index < -0.39 is 0 Å². The summed E-state index contributed by atoms with van der Waals surface area (Å²) in [5, 5.41) is 5.82. The minimum Gasteiger partial charge on any atom is -0.329 e. The van der Waals surface area contributed by atoms with E-state index in [2.05, 4.69) is 9.97 Å². The molecule has 0 unspecified atom stereocenters. The number of carbonyl (C=O) groups excluding carboxylic acids is 4. The van der Waals surface area contributed by atoms with Gasteiger partial charge >= 0.3 is 12.1 Å². The third kappa shape index (κ3) is 7.95. The molecule has 0 radical (unpaired) electrons. The molecule has 0 spiro atoms. The Hall–Kier alpha value is -4.53. The van der Waals surface area contributed by atoms with E-state index in [1.165, 1.54) is 23.7 Å². The van der Waals surface area contributed by atoms with Gasteiger partial charge in [0.1, 0.15) is 0 Å². The van der Waals surface area contributed by atoms with Crippen molar-refractivity contribution in [2.75, 3.05) is 13.1 Å². The zero-order chi connectivity index (χ0) is 31.9. The molecule has 6 heterocycles. The molecule has 0 atom stereocenters. The molecule has 0 aromatic carbocycles. The lowest BCUT2D eigenvalue weighted by atomic mass is 10.2. The van der Waals surface area contributed by atoms with Gasteiger partial charge in [0.05, 0.1) is 17.4 Å². The number of hydrogen-bond acceptors (Lipinski definition) is 8. The summed E-state index contributed by atoms with van der Waals surface area (Å²) in [6.45, 7) is 1.65. The first-order chi connectivity index (χ1) is 21.7. The van der Waals surface area contributed by atoms with E-state index in [4.69, 9.17) is 11.6 Å². The van der Waals surface area contributed by atoms with Gasteiger partial charge in [-0.15, -0.1) is 11.3 Å². The van der Waals surface area contributed by atoms with Crippen molar-refractivity contribution in [1.29, 1.82) is 0 Å². The molecule has 0 aliphatic carbocycles. The molecule has 2 N–H and O–H groups in total. The van der Waals surface area contributed by atoms with Crippen LogP contribution in [0.15, 0.2) is 74.5 Å². The van der Waals surface area contributed by atoms with Crippen LogP contribution in [0.2, 0.25) is 4.34 Å². The normalized spacial score (nSPS) is 15.4. The minimum absolute atomic E-state index is 0.00791. The molecule has 15 heteroatoms. The Balaban J connectivity index is 0.000000178. The summed E-state index contributed by atoms with van der Waals surface area (Å²) in [5.74, 6) is -0.507. The Morgan fingerprint density at radius 1 is 0.689 bits per heavy atom. The third-order valence-electron chi connectivity index (χ3n) is 7.20. The van der Waals surface area contributed by atoms with Crippen LogP contribution in [0.4, 0.5) is 9.59 Å². The first-order valence-corrected chi connectivity index (χ1v) is 16.2. The van der Waals surface area contributed by atoms with E-state index in [0.29, 0.717) is 41.6 Å². The number of urea groups is 2. The smallest absolute Gasteiger partial charge is 0.327 e. The molecule has 12 nitrogen and oxygen atoms in total. The minimum atomic E-state index is -0.383. The van der Waals surface area contributed by atoms with Crippen LogP contribution >= 0.6 is 34.3 Å². The molecule has 6 rings (SSSR count). The molecule has 4 aromatic heterocycles. The van der Waals surface area contributed by atoms with Crippen LogP contribution < -0.4 is 11.1 Å². The number of thiophene rings is 2. The Morgan fingerprint density at radius 2 is 1.22 bits per heavy atom. The van der Waals surface area contributed by atoms with Crippen LogP contribution in [0.1, 0.15) is 35.1 Å². The quantitative estimate of drug-likeness (QED) is 0.287. The fourth-order valence-corrected chi connectivity index (χ4v) is 6.40. The second-order valence-electron chi connectivity index (χ2n) is 10.3. The standard InChI is InChI=1S/C15H14ClN3O3S.C15H15N3O3S/c16-12-6-10(9-23-12)7-18-5-3-13(20)19(15(18)22)8-11-2-1-4-17-14(11)21;19-13-3-6-17(8-11-4-7-22-10-11)15(21)18(13)9-12-2-1-5-16-14(12)20/h1-2,4,6,9H,3,5,7-8H2,(H,17,21);1-2,4-5,7,10H,3,6,8-9H2,(H,16,20). The number of aromatic nitrogens is 2. The van der Waals surface area contributed by atoms with E-state index in [9.17, 15) is 28.8 Å². The van der Waals surface area contributed by atoms with E-state index >= 15 is 0 Å². The SMILES string of the molecule is O=C1CCN(Cc2ccsc2)C(=O)N1Cc1ccc[nH]c1=O.O=C1CCN(Cc2csc(Cl)c2)C(=O)N1Cc1ccc[nH]c1=O. The molecule has 2 aliphatic heterocycles. The predicted octanol–water partition coefficient (Wildman–Crippen LogP) is 4.24. The zero-order valence-corrected chi connectivity index (χ0v) is 26.3. The highest BCUT2D eigenvalue weighted by Gasteiger charge is 2.33. The number of H-pyrrole nitrogens is 2. The lowest BCUT2D eigenvalue weighted by Crippen LogP contribution is -2.51. The number of halogens is 1. The maximum absolute atomic E-state index is 12.6. The molecule has 2 fully saturated rings. The van der Waals surface area contributed by atoms with Crippen molar-refractivity contribution in [2.24, 2.45) is 0 Å². The average molecular weight is 669 g/mol. The van der Waals surface area contributed by atoms with Crippen LogP contribution in [-0.2, 0) is 35.8 Å². The summed E-state index contributed by atoms with van der Waals surface area (Å²) in [7, 11) is 0. The van der Waals surface area contributed by atoms with Crippen molar-refractivity contribution in [3.8, 4) is 0 Å². The number of amides is 6. The molecule has 6 amide bonds. The van der Waals surface area contributed by atoms with Crippen molar-refractivity contribution >= 4 is 58.2 Å². The average Bonchev–Trinajstić information content (AvgIpc) is 3.70. The molecule has 0 bridgehead atoms. The van der Waals surface area contributed by atoms with Crippen molar-refractivity contribution in [3.05, 3.63) is 112 Å². The second kappa shape index (κ2) is 14.5. The Labute approximate surface area is 270 Å². The topological polar surface area (TPSA) is 147 Å². The Kier molecular flexibility index (Phi) is 10.3. The van der Waals surface area contributed by atoms with E-state index in [1.54, 1.807) is 45.4 Å². The van der Waals surface area contributed by atoms with Crippen LogP contribution in [0.25, 0.3) is 0 Å². The fraction of sp³-hybridized carbons (Fsp3) is 0.267. The monoisotopic (exact) mass is 668 g/mol. The number of imide groups is 2. The molecule has 45 heavy (non-hydrogen) atoms.